The van der Waals surface area contributed by atoms with Crippen LogP contribution in [0.4, 0.5) is 8.78 Å². The first-order valence-corrected chi connectivity index (χ1v) is 6.99. The van der Waals surface area contributed by atoms with E-state index in [-0.39, 0.29) is 23.9 Å². The number of carbonyl (C=O) groups is 2. The maximum absolute atomic E-state index is 14.4. The molecule has 2 amide bonds. The highest BCUT2D eigenvalue weighted by molar-refractivity contribution is 5.95. The van der Waals surface area contributed by atoms with Gasteiger partial charge in [-0.15, -0.1) is 0 Å². The van der Waals surface area contributed by atoms with Gasteiger partial charge in [0.1, 0.15) is 6.04 Å². The summed E-state index contributed by atoms with van der Waals surface area (Å²) in [6.07, 6.45) is 1.61. The topological polar surface area (TPSA) is 49.4 Å². The van der Waals surface area contributed by atoms with Crippen molar-refractivity contribution in [3.05, 3.63) is 35.9 Å². The Bertz CT molecular complexity index is 558. The van der Waals surface area contributed by atoms with Crippen LogP contribution in [-0.2, 0) is 15.5 Å². The zero-order valence-corrected chi connectivity index (χ0v) is 11.4. The summed E-state index contributed by atoms with van der Waals surface area (Å²) in [5.41, 5.74) is -0.140. The van der Waals surface area contributed by atoms with Gasteiger partial charge in [-0.1, -0.05) is 30.3 Å². The fourth-order valence-corrected chi connectivity index (χ4v) is 2.72. The number of nitrogens with zero attached hydrogens (tertiary/aromatic N) is 1. The van der Waals surface area contributed by atoms with Gasteiger partial charge in [-0.25, -0.2) is 0 Å². The number of piperazine rings is 1. The smallest absolute Gasteiger partial charge is 0.290 e. The van der Waals surface area contributed by atoms with Crippen molar-refractivity contribution in [2.24, 2.45) is 5.92 Å². The van der Waals surface area contributed by atoms with E-state index >= 15 is 0 Å². The molecule has 0 aromatic heterocycles. The van der Waals surface area contributed by atoms with Crippen molar-refractivity contribution in [3.63, 3.8) is 0 Å². The van der Waals surface area contributed by atoms with Crippen LogP contribution in [0.5, 0.6) is 0 Å². The van der Waals surface area contributed by atoms with Crippen LogP contribution in [0.25, 0.3) is 0 Å². The molecule has 1 saturated heterocycles. The molecule has 1 aromatic carbocycles. The number of hydrogen-bond donors (Lipinski definition) is 1. The lowest BCUT2D eigenvalue weighted by Crippen LogP contribution is -2.61. The standard InChI is InChI=1S/C15H16F2N2O2/c16-15(17,11-4-2-1-3-5-11)9-19-12(20)8-18-14(21)13(19)10-6-7-10/h1-5,10,13H,6-9H2,(H,18,21). The van der Waals surface area contributed by atoms with Crippen molar-refractivity contribution in [2.75, 3.05) is 13.1 Å². The van der Waals surface area contributed by atoms with Gasteiger partial charge in [0.25, 0.3) is 5.92 Å². The second-order valence-electron chi connectivity index (χ2n) is 5.59. The zero-order valence-electron chi connectivity index (χ0n) is 11.4. The van der Waals surface area contributed by atoms with Crippen LogP contribution in [0.2, 0.25) is 0 Å². The van der Waals surface area contributed by atoms with E-state index in [9.17, 15) is 18.4 Å². The molecule has 1 aliphatic carbocycles. The number of halogens is 2. The van der Waals surface area contributed by atoms with Crippen LogP contribution in [0.3, 0.4) is 0 Å². The minimum atomic E-state index is -3.16. The van der Waals surface area contributed by atoms with Gasteiger partial charge in [0, 0.05) is 5.56 Å². The second kappa shape index (κ2) is 5.09. The lowest BCUT2D eigenvalue weighted by molar-refractivity contribution is -0.153. The fourth-order valence-electron chi connectivity index (χ4n) is 2.72. The Hall–Kier alpha value is -1.98. The van der Waals surface area contributed by atoms with E-state index in [1.807, 2.05) is 0 Å². The molecule has 1 aliphatic heterocycles. The first-order valence-electron chi connectivity index (χ1n) is 6.99. The number of nitrogens with one attached hydrogen (secondary N) is 1. The summed E-state index contributed by atoms with van der Waals surface area (Å²) in [7, 11) is 0. The van der Waals surface area contributed by atoms with E-state index in [0.717, 1.165) is 17.7 Å². The molecule has 0 spiro atoms. The number of rotatable bonds is 4. The van der Waals surface area contributed by atoms with Crippen molar-refractivity contribution < 1.29 is 18.4 Å². The van der Waals surface area contributed by atoms with Crippen molar-refractivity contribution in [3.8, 4) is 0 Å². The highest BCUT2D eigenvalue weighted by atomic mass is 19.3. The molecule has 6 heteroatoms. The van der Waals surface area contributed by atoms with Crippen molar-refractivity contribution >= 4 is 11.8 Å². The van der Waals surface area contributed by atoms with Crippen molar-refractivity contribution in [2.45, 2.75) is 24.8 Å². The third-order valence-corrected chi connectivity index (χ3v) is 3.97. The van der Waals surface area contributed by atoms with E-state index < -0.39 is 24.4 Å². The largest absolute Gasteiger partial charge is 0.345 e. The Morgan fingerprint density at radius 3 is 2.48 bits per heavy atom. The summed E-state index contributed by atoms with van der Waals surface area (Å²) >= 11 is 0. The van der Waals surface area contributed by atoms with Crippen molar-refractivity contribution in [1.29, 1.82) is 0 Å². The molecular formula is C15H16F2N2O2. The average molecular weight is 294 g/mol. The summed E-state index contributed by atoms with van der Waals surface area (Å²) in [5, 5.41) is 2.48. The van der Waals surface area contributed by atoms with E-state index in [0.29, 0.717) is 0 Å². The summed E-state index contributed by atoms with van der Waals surface area (Å²) in [5.74, 6) is -3.91. The Morgan fingerprint density at radius 1 is 1.19 bits per heavy atom. The van der Waals surface area contributed by atoms with Gasteiger partial charge in [-0.05, 0) is 18.8 Å². The third-order valence-electron chi connectivity index (χ3n) is 3.97. The number of hydrogen-bond acceptors (Lipinski definition) is 2. The predicted octanol–water partition coefficient (Wildman–Crippen LogP) is 1.52. The Balaban J connectivity index is 1.83. The molecule has 112 valence electrons. The van der Waals surface area contributed by atoms with Crippen LogP contribution in [-0.4, -0.2) is 35.8 Å². The molecule has 0 bridgehead atoms. The molecule has 2 aliphatic rings. The maximum atomic E-state index is 14.4. The lowest BCUT2D eigenvalue weighted by atomic mass is 10.0. The summed E-state index contributed by atoms with van der Waals surface area (Å²) in [6, 6.07) is 6.65. The molecule has 1 N–H and O–H groups in total. The summed E-state index contributed by atoms with van der Waals surface area (Å²) in [4.78, 5) is 24.9. The first-order chi connectivity index (χ1) is 9.99. The lowest BCUT2D eigenvalue weighted by Gasteiger charge is -2.37. The SMILES string of the molecule is O=C1NCC(=O)N(CC(F)(F)c2ccccc2)C1C1CC1. The molecule has 4 nitrogen and oxygen atoms in total. The van der Waals surface area contributed by atoms with Gasteiger partial charge in [0.15, 0.2) is 0 Å². The highest BCUT2D eigenvalue weighted by Crippen LogP contribution is 2.38. The zero-order chi connectivity index (χ0) is 15.0. The highest BCUT2D eigenvalue weighted by Gasteiger charge is 2.48. The van der Waals surface area contributed by atoms with E-state index in [4.69, 9.17) is 0 Å². The molecule has 1 heterocycles. The van der Waals surface area contributed by atoms with Crippen molar-refractivity contribution in [1.82, 2.24) is 10.2 Å². The molecule has 1 saturated carbocycles. The van der Waals surface area contributed by atoms with Crippen LogP contribution < -0.4 is 5.32 Å². The monoisotopic (exact) mass is 294 g/mol. The van der Waals surface area contributed by atoms with Crippen LogP contribution in [0, 0.1) is 5.92 Å². The molecule has 1 unspecified atom stereocenters. The molecule has 2 fully saturated rings. The normalized spacial score (nSPS) is 23.1. The molecule has 3 rings (SSSR count). The van der Waals surface area contributed by atoms with E-state index in [2.05, 4.69) is 5.32 Å². The van der Waals surface area contributed by atoms with Crippen LogP contribution in [0.1, 0.15) is 18.4 Å². The van der Waals surface area contributed by atoms with Crippen LogP contribution in [0.15, 0.2) is 30.3 Å². The summed E-state index contributed by atoms with van der Waals surface area (Å²) in [6.45, 7) is -0.947. The fraction of sp³-hybridized carbons (Fsp3) is 0.467. The maximum Gasteiger partial charge on any atom is 0.290 e. The summed E-state index contributed by atoms with van der Waals surface area (Å²) < 4.78 is 28.7. The van der Waals surface area contributed by atoms with Crippen LogP contribution >= 0.6 is 0 Å². The van der Waals surface area contributed by atoms with Gasteiger partial charge in [-0.2, -0.15) is 8.78 Å². The molecule has 1 aromatic rings. The minimum Gasteiger partial charge on any atom is -0.345 e. The Labute approximate surface area is 121 Å². The number of benzene rings is 1. The molecular weight excluding hydrogens is 278 g/mol. The second-order valence-corrected chi connectivity index (χ2v) is 5.59. The van der Waals surface area contributed by atoms with Gasteiger partial charge in [0.2, 0.25) is 11.8 Å². The van der Waals surface area contributed by atoms with Gasteiger partial charge in [0.05, 0.1) is 13.1 Å². The Kier molecular flexibility index (Phi) is 3.39. The first kappa shape index (κ1) is 14.0. The third kappa shape index (κ3) is 2.75. The van der Waals surface area contributed by atoms with Gasteiger partial charge in [-0.3, -0.25) is 9.59 Å². The number of carbonyl (C=O) groups excluding carboxylic acids is 2. The molecule has 21 heavy (non-hydrogen) atoms. The quantitative estimate of drug-likeness (QED) is 0.915. The molecule has 1 atom stereocenters. The minimum absolute atomic E-state index is 0.0147. The Morgan fingerprint density at radius 2 is 1.86 bits per heavy atom. The van der Waals surface area contributed by atoms with E-state index in [1.165, 1.54) is 24.3 Å². The molecule has 0 radical (unpaired) electrons. The van der Waals surface area contributed by atoms with Gasteiger partial charge >= 0.3 is 0 Å². The number of alkyl halides is 2. The van der Waals surface area contributed by atoms with E-state index in [1.54, 1.807) is 6.07 Å². The van der Waals surface area contributed by atoms with Gasteiger partial charge < -0.3 is 10.2 Å². The predicted molar refractivity (Wildman–Crippen MR) is 71.6 cm³/mol. The average Bonchev–Trinajstić information content (AvgIpc) is 3.28. The number of amides is 2.